The van der Waals surface area contributed by atoms with Crippen LogP contribution in [0.2, 0.25) is 0 Å². The Morgan fingerprint density at radius 2 is 1.50 bits per heavy atom. The second-order valence-electron chi connectivity index (χ2n) is 8.30. The summed E-state index contributed by atoms with van der Waals surface area (Å²) < 4.78 is 0. The number of benzene rings is 2. The normalized spacial score (nSPS) is 17.5. The average Bonchev–Trinajstić information content (AvgIpc) is 2.51. The Morgan fingerprint density at radius 1 is 0.833 bits per heavy atom. The van der Waals surface area contributed by atoms with E-state index in [1.54, 1.807) is 6.07 Å². The fraction of sp³-hybridized carbons (Fsp3) is 0.391. The molecule has 1 aliphatic rings. The minimum Gasteiger partial charge on any atom is -0.507 e. The zero-order valence-electron chi connectivity index (χ0n) is 15.3. The minimum atomic E-state index is 0.189. The highest BCUT2D eigenvalue weighted by molar-refractivity contribution is 5.53. The molecular weight excluding hydrogens is 292 g/mol. The number of hydrogen-bond acceptors (Lipinski definition) is 1. The smallest absolute Gasteiger partial charge is 0.131 e. The first-order chi connectivity index (χ1) is 11.2. The van der Waals surface area contributed by atoms with E-state index >= 15 is 0 Å². The van der Waals surface area contributed by atoms with Crippen molar-refractivity contribution in [3.05, 3.63) is 64.2 Å². The highest BCUT2D eigenvalue weighted by Gasteiger charge is 2.36. The van der Waals surface area contributed by atoms with Crippen LogP contribution in [0.1, 0.15) is 68.4 Å². The van der Waals surface area contributed by atoms with E-state index in [9.17, 15) is 5.11 Å². The second-order valence-corrected chi connectivity index (χ2v) is 8.30. The fourth-order valence-electron chi connectivity index (χ4n) is 3.55. The predicted octanol–water partition coefficient (Wildman–Crippen LogP) is 5.45. The molecule has 124 valence electrons. The predicted molar refractivity (Wildman–Crippen MR) is 101 cm³/mol. The molecule has 0 saturated carbocycles. The van der Waals surface area contributed by atoms with Gasteiger partial charge in [-0.25, -0.2) is 0 Å². The molecule has 0 atom stereocenters. The van der Waals surface area contributed by atoms with Crippen LogP contribution in [-0.4, -0.2) is 5.11 Å². The number of fused-ring (bicyclic) bond motifs is 1. The summed E-state index contributed by atoms with van der Waals surface area (Å²) in [5.74, 6) is 6.59. The summed E-state index contributed by atoms with van der Waals surface area (Å²) in [6.45, 7) is 11.3. The van der Waals surface area contributed by atoms with Crippen molar-refractivity contribution in [1.82, 2.24) is 0 Å². The molecule has 24 heavy (non-hydrogen) atoms. The Bertz CT molecular complexity index is 844. The Labute approximate surface area is 145 Å². The summed E-state index contributed by atoms with van der Waals surface area (Å²) in [4.78, 5) is 0. The van der Waals surface area contributed by atoms with Crippen LogP contribution >= 0.6 is 0 Å². The number of aryl methyl sites for hydroxylation is 1. The molecule has 1 N–H and O–H groups in total. The maximum Gasteiger partial charge on any atom is 0.131 e. The summed E-state index contributed by atoms with van der Waals surface area (Å²) in [7, 11) is 0. The average molecular weight is 318 g/mol. The Kier molecular flexibility index (Phi) is 3.96. The van der Waals surface area contributed by atoms with Crippen LogP contribution in [0.15, 0.2) is 36.4 Å². The zero-order valence-corrected chi connectivity index (χ0v) is 15.3. The first-order valence-corrected chi connectivity index (χ1v) is 8.66. The van der Waals surface area contributed by atoms with E-state index in [1.165, 1.54) is 24.0 Å². The van der Waals surface area contributed by atoms with E-state index in [-0.39, 0.29) is 16.6 Å². The topological polar surface area (TPSA) is 20.2 Å². The first-order valence-electron chi connectivity index (χ1n) is 8.66. The van der Waals surface area contributed by atoms with Crippen molar-refractivity contribution in [1.29, 1.82) is 0 Å². The molecule has 2 aromatic rings. The van der Waals surface area contributed by atoms with Gasteiger partial charge >= 0.3 is 0 Å². The summed E-state index contributed by atoms with van der Waals surface area (Å²) in [6.07, 6.45) is 2.41. The lowest BCUT2D eigenvalue weighted by Gasteiger charge is -2.41. The highest BCUT2D eigenvalue weighted by atomic mass is 16.3. The van der Waals surface area contributed by atoms with Gasteiger partial charge in [0.05, 0.1) is 5.56 Å². The number of rotatable bonds is 0. The standard InChI is InChI=1S/C23H26O/c1-16-6-9-18(21(24)14-16)10-7-17-8-11-19-20(15-17)23(4,5)13-12-22(19,2)3/h6,8-9,11,14-15,24H,12-13H2,1-5H3. The summed E-state index contributed by atoms with van der Waals surface area (Å²) >= 11 is 0. The van der Waals surface area contributed by atoms with Crippen LogP contribution in [0, 0.1) is 18.8 Å². The quantitative estimate of drug-likeness (QED) is 0.640. The summed E-state index contributed by atoms with van der Waals surface area (Å²) in [5, 5.41) is 10.0. The van der Waals surface area contributed by atoms with Gasteiger partial charge in [-0.3, -0.25) is 0 Å². The van der Waals surface area contributed by atoms with Crippen LogP contribution < -0.4 is 0 Å². The Morgan fingerprint density at radius 3 is 2.17 bits per heavy atom. The Hall–Kier alpha value is -2.20. The van der Waals surface area contributed by atoms with Crippen molar-refractivity contribution >= 4 is 0 Å². The van der Waals surface area contributed by atoms with Crippen molar-refractivity contribution in [2.24, 2.45) is 0 Å². The van der Waals surface area contributed by atoms with E-state index in [4.69, 9.17) is 0 Å². The van der Waals surface area contributed by atoms with E-state index in [1.807, 2.05) is 19.1 Å². The first kappa shape index (κ1) is 16.7. The maximum absolute atomic E-state index is 10.0. The zero-order chi connectivity index (χ0) is 17.5. The van der Waals surface area contributed by atoms with Crippen LogP contribution in [0.5, 0.6) is 5.75 Å². The van der Waals surface area contributed by atoms with E-state index in [0.717, 1.165) is 11.1 Å². The molecule has 0 spiro atoms. The lowest BCUT2D eigenvalue weighted by atomic mass is 9.63. The van der Waals surface area contributed by atoms with E-state index < -0.39 is 0 Å². The van der Waals surface area contributed by atoms with Crippen molar-refractivity contribution in [2.45, 2.75) is 58.3 Å². The largest absolute Gasteiger partial charge is 0.507 e. The van der Waals surface area contributed by atoms with Gasteiger partial charge in [-0.05, 0) is 71.6 Å². The molecule has 0 heterocycles. The van der Waals surface area contributed by atoms with Crippen LogP contribution in [0.25, 0.3) is 0 Å². The third-order valence-corrected chi connectivity index (χ3v) is 5.35. The van der Waals surface area contributed by atoms with Crippen molar-refractivity contribution < 1.29 is 5.11 Å². The van der Waals surface area contributed by atoms with E-state index in [0.29, 0.717) is 5.56 Å². The van der Waals surface area contributed by atoms with Crippen LogP contribution in [0.3, 0.4) is 0 Å². The minimum absolute atomic E-state index is 0.189. The number of phenolic OH excluding ortho intramolecular Hbond substituents is 1. The SMILES string of the molecule is Cc1ccc(C#Cc2ccc3c(c2)C(C)(C)CCC3(C)C)c(O)c1. The molecule has 3 rings (SSSR count). The van der Waals surface area contributed by atoms with Gasteiger partial charge in [0.25, 0.3) is 0 Å². The van der Waals surface area contributed by atoms with Crippen LogP contribution in [0.4, 0.5) is 0 Å². The molecule has 0 unspecified atom stereocenters. The molecule has 0 aliphatic heterocycles. The summed E-state index contributed by atoms with van der Waals surface area (Å²) in [5.41, 5.74) is 6.01. The number of aromatic hydroxyl groups is 1. The fourth-order valence-corrected chi connectivity index (χ4v) is 3.55. The second kappa shape index (κ2) is 5.71. The van der Waals surface area contributed by atoms with Gasteiger partial charge in [-0.15, -0.1) is 0 Å². The molecule has 1 heteroatoms. The summed E-state index contributed by atoms with van der Waals surface area (Å²) in [6, 6.07) is 12.2. The molecule has 0 radical (unpaired) electrons. The highest BCUT2D eigenvalue weighted by Crippen LogP contribution is 2.45. The van der Waals surface area contributed by atoms with Gasteiger partial charge < -0.3 is 5.11 Å². The van der Waals surface area contributed by atoms with Crippen molar-refractivity contribution in [3.8, 4) is 17.6 Å². The number of phenols is 1. The van der Waals surface area contributed by atoms with Gasteiger partial charge in [0.1, 0.15) is 5.75 Å². The molecule has 1 aliphatic carbocycles. The third kappa shape index (κ3) is 3.06. The molecule has 0 aromatic heterocycles. The Balaban J connectivity index is 2.02. The lowest BCUT2D eigenvalue weighted by molar-refractivity contribution is 0.332. The van der Waals surface area contributed by atoms with Gasteiger partial charge in [-0.1, -0.05) is 51.7 Å². The van der Waals surface area contributed by atoms with Gasteiger partial charge in [0, 0.05) is 5.56 Å². The molecule has 0 amide bonds. The molecule has 2 aromatic carbocycles. The monoisotopic (exact) mass is 318 g/mol. The molecule has 0 saturated heterocycles. The maximum atomic E-state index is 10.0. The van der Waals surface area contributed by atoms with E-state index in [2.05, 4.69) is 57.7 Å². The van der Waals surface area contributed by atoms with Gasteiger partial charge in [0.15, 0.2) is 0 Å². The lowest BCUT2D eigenvalue weighted by Crippen LogP contribution is -2.33. The van der Waals surface area contributed by atoms with Crippen LogP contribution in [-0.2, 0) is 10.8 Å². The number of hydrogen-bond donors (Lipinski definition) is 1. The molecular formula is C23H26O. The van der Waals surface area contributed by atoms with Gasteiger partial charge in [-0.2, -0.15) is 0 Å². The van der Waals surface area contributed by atoms with Crippen molar-refractivity contribution in [2.75, 3.05) is 0 Å². The van der Waals surface area contributed by atoms with Gasteiger partial charge in [0.2, 0.25) is 0 Å². The molecule has 0 fully saturated rings. The third-order valence-electron chi connectivity index (χ3n) is 5.35. The van der Waals surface area contributed by atoms with Crippen molar-refractivity contribution in [3.63, 3.8) is 0 Å². The molecule has 1 nitrogen and oxygen atoms in total. The molecule has 0 bridgehead atoms.